The minimum Gasteiger partial charge on any atom is -0.350 e. The molecule has 0 aromatic carbocycles. The smallest absolute Gasteiger partial charge is 0.149 e. The second-order valence-corrected chi connectivity index (χ2v) is 4.71. The van der Waals surface area contributed by atoms with Crippen LogP contribution in [-0.2, 0) is 6.54 Å². The summed E-state index contributed by atoms with van der Waals surface area (Å²) in [5.41, 5.74) is 0. The van der Waals surface area contributed by atoms with E-state index in [1.54, 1.807) is 23.7 Å². The molecular formula is C11H12ClN3S. The zero-order valence-electron chi connectivity index (χ0n) is 8.93. The number of nitrogens with zero attached hydrogens (tertiary/aromatic N) is 3. The van der Waals surface area contributed by atoms with Crippen LogP contribution < -0.4 is 4.90 Å². The Balaban J connectivity index is 2.16. The molecule has 5 heteroatoms. The van der Waals surface area contributed by atoms with Crippen LogP contribution in [0.5, 0.6) is 0 Å². The Labute approximate surface area is 104 Å². The summed E-state index contributed by atoms with van der Waals surface area (Å²) in [6, 6.07) is 4.17. The fraction of sp³-hybridized carbons (Fsp3) is 0.273. The number of anilines is 1. The Morgan fingerprint density at radius 2 is 2.31 bits per heavy atom. The molecule has 0 saturated carbocycles. The van der Waals surface area contributed by atoms with E-state index in [1.807, 2.05) is 0 Å². The molecule has 2 heterocycles. The molecule has 0 aliphatic heterocycles. The van der Waals surface area contributed by atoms with Crippen LogP contribution in [0.15, 0.2) is 29.9 Å². The van der Waals surface area contributed by atoms with Crippen molar-refractivity contribution >= 4 is 28.8 Å². The maximum absolute atomic E-state index is 5.83. The lowest BCUT2D eigenvalue weighted by Gasteiger charge is -2.20. The highest BCUT2D eigenvalue weighted by Gasteiger charge is 2.08. The molecule has 0 N–H and O–H groups in total. The lowest BCUT2D eigenvalue weighted by atomic mass is 10.4. The maximum Gasteiger partial charge on any atom is 0.149 e. The molecule has 0 fully saturated rings. The molecule has 0 spiro atoms. The third-order valence-electron chi connectivity index (χ3n) is 2.22. The van der Waals surface area contributed by atoms with E-state index in [4.69, 9.17) is 11.6 Å². The van der Waals surface area contributed by atoms with Crippen molar-refractivity contribution < 1.29 is 0 Å². The Kier molecular flexibility index (Phi) is 3.74. The van der Waals surface area contributed by atoms with Crippen molar-refractivity contribution in [3.8, 4) is 0 Å². The van der Waals surface area contributed by atoms with E-state index in [9.17, 15) is 0 Å². The Bertz CT molecular complexity index is 444. The van der Waals surface area contributed by atoms with Gasteiger partial charge in [0.25, 0.3) is 0 Å². The van der Waals surface area contributed by atoms with E-state index in [1.165, 1.54) is 4.88 Å². The van der Waals surface area contributed by atoms with Crippen LogP contribution in [0.2, 0.25) is 5.15 Å². The Morgan fingerprint density at radius 3 is 2.94 bits per heavy atom. The fourth-order valence-corrected chi connectivity index (χ4v) is 2.29. The molecule has 0 saturated heterocycles. The monoisotopic (exact) mass is 253 g/mol. The summed E-state index contributed by atoms with van der Waals surface area (Å²) in [7, 11) is 0. The van der Waals surface area contributed by atoms with Crippen LogP contribution in [0.3, 0.4) is 0 Å². The van der Waals surface area contributed by atoms with Gasteiger partial charge >= 0.3 is 0 Å². The molecule has 2 aromatic rings. The molecule has 16 heavy (non-hydrogen) atoms. The predicted octanol–water partition coefficient (Wildman–Crippen LogP) is 3.22. The van der Waals surface area contributed by atoms with Crippen LogP contribution in [0.4, 0.5) is 5.82 Å². The molecular weight excluding hydrogens is 242 g/mol. The van der Waals surface area contributed by atoms with Gasteiger partial charge in [-0.25, -0.2) is 4.98 Å². The van der Waals surface area contributed by atoms with Gasteiger partial charge in [0.05, 0.1) is 18.9 Å². The third kappa shape index (κ3) is 2.71. The van der Waals surface area contributed by atoms with Gasteiger partial charge in [0.15, 0.2) is 0 Å². The highest BCUT2D eigenvalue weighted by molar-refractivity contribution is 7.09. The van der Waals surface area contributed by atoms with Crippen molar-refractivity contribution in [1.29, 1.82) is 0 Å². The van der Waals surface area contributed by atoms with Gasteiger partial charge in [-0.15, -0.1) is 11.3 Å². The first-order valence-electron chi connectivity index (χ1n) is 5.04. The van der Waals surface area contributed by atoms with Crippen molar-refractivity contribution in [2.24, 2.45) is 0 Å². The molecule has 0 aliphatic rings. The van der Waals surface area contributed by atoms with Crippen LogP contribution in [0.1, 0.15) is 11.8 Å². The van der Waals surface area contributed by atoms with E-state index in [0.29, 0.717) is 5.15 Å². The SMILES string of the molecule is CCN(Cc1cccs1)c1cncc(Cl)n1. The fourth-order valence-electron chi connectivity index (χ4n) is 1.43. The van der Waals surface area contributed by atoms with Crippen molar-refractivity contribution in [2.45, 2.75) is 13.5 Å². The quantitative estimate of drug-likeness (QED) is 0.838. The third-order valence-corrected chi connectivity index (χ3v) is 3.27. The van der Waals surface area contributed by atoms with E-state index >= 15 is 0 Å². The van der Waals surface area contributed by atoms with E-state index in [0.717, 1.165) is 18.9 Å². The van der Waals surface area contributed by atoms with Gasteiger partial charge in [0.1, 0.15) is 11.0 Å². The summed E-state index contributed by atoms with van der Waals surface area (Å²) in [6.07, 6.45) is 3.28. The maximum atomic E-state index is 5.83. The zero-order valence-corrected chi connectivity index (χ0v) is 10.5. The number of aromatic nitrogens is 2. The molecule has 84 valence electrons. The molecule has 0 unspecified atom stereocenters. The summed E-state index contributed by atoms with van der Waals surface area (Å²) in [5, 5.41) is 2.51. The Morgan fingerprint density at radius 1 is 1.44 bits per heavy atom. The zero-order chi connectivity index (χ0) is 11.4. The standard InChI is InChI=1S/C11H12ClN3S/c1-2-15(8-9-4-3-5-16-9)11-7-13-6-10(12)14-11/h3-7H,2,8H2,1H3. The van der Waals surface area contributed by atoms with E-state index in [2.05, 4.69) is 39.3 Å². The first kappa shape index (κ1) is 11.4. The van der Waals surface area contributed by atoms with E-state index in [-0.39, 0.29) is 0 Å². The van der Waals surface area contributed by atoms with Crippen molar-refractivity contribution in [2.75, 3.05) is 11.4 Å². The van der Waals surface area contributed by atoms with Crippen molar-refractivity contribution in [3.63, 3.8) is 0 Å². The first-order valence-corrected chi connectivity index (χ1v) is 6.30. The summed E-state index contributed by atoms with van der Waals surface area (Å²) < 4.78 is 0. The van der Waals surface area contributed by atoms with Crippen LogP contribution in [-0.4, -0.2) is 16.5 Å². The van der Waals surface area contributed by atoms with Crippen LogP contribution >= 0.6 is 22.9 Å². The summed E-state index contributed by atoms with van der Waals surface area (Å²) in [6.45, 7) is 3.83. The number of halogens is 1. The molecule has 2 rings (SSSR count). The highest BCUT2D eigenvalue weighted by Crippen LogP contribution is 2.18. The Hall–Kier alpha value is -1.13. The lowest BCUT2D eigenvalue weighted by Crippen LogP contribution is -2.22. The van der Waals surface area contributed by atoms with Gasteiger partial charge in [-0.2, -0.15) is 0 Å². The minimum absolute atomic E-state index is 0.433. The highest BCUT2D eigenvalue weighted by atomic mass is 35.5. The van der Waals surface area contributed by atoms with Crippen LogP contribution in [0.25, 0.3) is 0 Å². The topological polar surface area (TPSA) is 29.0 Å². The molecule has 0 atom stereocenters. The largest absolute Gasteiger partial charge is 0.350 e. The number of hydrogen-bond donors (Lipinski definition) is 0. The molecule has 0 radical (unpaired) electrons. The minimum atomic E-state index is 0.433. The van der Waals surface area contributed by atoms with Crippen molar-refractivity contribution in [1.82, 2.24) is 9.97 Å². The van der Waals surface area contributed by atoms with Gasteiger partial charge in [0, 0.05) is 11.4 Å². The van der Waals surface area contributed by atoms with Gasteiger partial charge in [-0.3, -0.25) is 4.98 Å². The van der Waals surface area contributed by atoms with Gasteiger partial charge in [-0.05, 0) is 18.4 Å². The number of hydrogen-bond acceptors (Lipinski definition) is 4. The predicted molar refractivity (Wildman–Crippen MR) is 68.1 cm³/mol. The molecule has 2 aromatic heterocycles. The number of thiophene rings is 1. The van der Waals surface area contributed by atoms with Gasteiger partial charge < -0.3 is 4.90 Å². The summed E-state index contributed by atoms with van der Waals surface area (Å²) in [4.78, 5) is 11.8. The number of rotatable bonds is 4. The normalized spacial score (nSPS) is 10.4. The summed E-state index contributed by atoms with van der Waals surface area (Å²) in [5.74, 6) is 0.823. The molecule has 3 nitrogen and oxygen atoms in total. The average Bonchev–Trinajstić information content (AvgIpc) is 2.78. The first-order chi connectivity index (χ1) is 7.79. The van der Waals surface area contributed by atoms with Gasteiger partial charge in [0.2, 0.25) is 0 Å². The summed E-state index contributed by atoms with van der Waals surface area (Å²) >= 11 is 7.57. The molecule has 0 aliphatic carbocycles. The van der Waals surface area contributed by atoms with E-state index < -0.39 is 0 Å². The second kappa shape index (κ2) is 5.27. The average molecular weight is 254 g/mol. The molecule has 0 amide bonds. The van der Waals surface area contributed by atoms with Crippen molar-refractivity contribution in [3.05, 3.63) is 39.9 Å². The van der Waals surface area contributed by atoms with Crippen LogP contribution in [0, 0.1) is 0 Å². The second-order valence-electron chi connectivity index (χ2n) is 3.29. The van der Waals surface area contributed by atoms with Gasteiger partial charge in [-0.1, -0.05) is 17.7 Å². The molecule has 0 bridgehead atoms. The lowest BCUT2D eigenvalue weighted by molar-refractivity contribution is 0.818.